The van der Waals surface area contributed by atoms with Gasteiger partial charge in [-0.3, -0.25) is 9.89 Å². The first-order chi connectivity index (χ1) is 13.3. The van der Waals surface area contributed by atoms with Crippen molar-refractivity contribution in [2.75, 3.05) is 0 Å². The second-order valence-corrected chi connectivity index (χ2v) is 6.05. The van der Waals surface area contributed by atoms with Crippen LogP contribution in [0, 0.1) is 0 Å². The van der Waals surface area contributed by atoms with E-state index in [1.807, 2.05) is 42.5 Å². The van der Waals surface area contributed by atoms with E-state index in [-0.39, 0.29) is 5.91 Å². The van der Waals surface area contributed by atoms with E-state index in [0.29, 0.717) is 24.4 Å². The fourth-order valence-electron chi connectivity index (χ4n) is 2.72. The van der Waals surface area contributed by atoms with Crippen molar-refractivity contribution in [3.63, 3.8) is 0 Å². The monoisotopic (exact) mass is 359 g/mol. The van der Waals surface area contributed by atoms with Crippen LogP contribution in [0.2, 0.25) is 0 Å². The minimum atomic E-state index is -0.109. The topological polar surface area (TPSA) is 112 Å². The van der Waals surface area contributed by atoms with Gasteiger partial charge in [0.15, 0.2) is 5.82 Å². The number of rotatable bonds is 6. The van der Waals surface area contributed by atoms with Crippen LogP contribution in [0.1, 0.15) is 27.3 Å². The van der Waals surface area contributed by atoms with Crippen molar-refractivity contribution in [2.24, 2.45) is 0 Å². The Kier molecular flexibility index (Phi) is 4.69. The standard InChI is InChI=1S/C19H17N7O/c27-19(16-7-5-15(6-8-16)17-9-10-21-22-17)20-12-14-3-1-13(2-4-14)11-18-23-25-26-24-18/h1-10H,11-12H2,(H,20,27)(H,21,22)(H,23,24,25,26). The summed E-state index contributed by atoms with van der Waals surface area (Å²) in [6.07, 6.45) is 2.31. The molecule has 0 atom stereocenters. The molecule has 8 nitrogen and oxygen atoms in total. The lowest BCUT2D eigenvalue weighted by Gasteiger charge is -2.07. The van der Waals surface area contributed by atoms with E-state index >= 15 is 0 Å². The van der Waals surface area contributed by atoms with Gasteiger partial charge in [-0.15, -0.1) is 10.2 Å². The molecule has 0 aliphatic rings. The first kappa shape index (κ1) is 16.6. The number of tetrazole rings is 1. The summed E-state index contributed by atoms with van der Waals surface area (Å²) in [5.74, 6) is 0.539. The van der Waals surface area contributed by atoms with Gasteiger partial charge in [0.1, 0.15) is 0 Å². The van der Waals surface area contributed by atoms with E-state index in [2.05, 4.69) is 36.1 Å². The maximum Gasteiger partial charge on any atom is 0.251 e. The predicted octanol–water partition coefficient (Wildman–Crippen LogP) is 2.11. The Morgan fingerprint density at radius 2 is 1.74 bits per heavy atom. The summed E-state index contributed by atoms with van der Waals surface area (Å²) in [6.45, 7) is 0.462. The maximum absolute atomic E-state index is 12.3. The van der Waals surface area contributed by atoms with Gasteiger partial charge < -0.3 is 5.32 Å². The van der Waals surface area contributed by atoms with Gasteiger partial charge in [0.05, 0.1) is 5.69 Å². The molecule has 1 amide bonds. The molecule has 4 rings (SSSR count). The normalized spacial score (nSPS) is 10.7. The van der Waals surface area contributed by atoms with Crippen molar-refractivity contribution < 1.29 is 4.79 Å². The van der Waals surface area contributed by atoms with Crippen LogP contribution >= 0.6 is 0 Å². The number of benzene rings is 2. The molecular formula is C19H17N7O. The summed E-state index contributed by atoms with van der Waals surface area (Å²) in [5, 5.41) is 23.6. The molecule has 0 aliphatic heterocycles. The zero-order valence-corrected chi connectivity index (χ0v) is 14.4. The Hall–Kier alpha value is -3.81. The number of amides is 1. The van der Waals surface area contributed by atoms with Crippen molar-refractivity contribution in [3.8, 4) is 11.3 Å². The zero-order chi connectivity index (χ0) is 18.5. The van der Waals surface area contributed by atoms with E-state index in [0.717, 1.165) is 22.4 Å². The van der Waals surface area contributed by atoms with Crippen LogP contribution < -0.4 is 5.32 Å². The molecule has 2 aromatic heterocycles. The molecule has 27 heavy (non-hydrogen) atoms. The third-order valence-electron chi connectivity index (χ3n) is 4.19. The molecule has 0 unspecified atom stereocenters. The molecule has 2 heterocycles. The molecular weight excluding hydrogens is 342 g/mol. The lowest BCUT2D eigenvalue weighted by atomic mass is 10.1. The molecule has 0 bridgehead atoms. The van der Waals surface area contributed by atoms with Crippen LogP contribution in [-0.4, -0.2) is 36.7 Å². The number of carbonyl (C=O) groups excluding carboxylic acids is 1. The highest BCUT2D eigenvalue weighted by molar-refractivity contribution is 5.94. The Morgan fingerprint density at radius 3 is 2.41 bits per heavy atom. The molecule has 3 N–H and O–H groups in total. The summed E-state index contributed by atoms with van der Waals surface area (Å²) in [6, 6.07) is 17.3. The number of aromatic amines is 2. The molecule has 0 fully saturated rings. The third kappa shape index (κ3) is 4.06. The third-order valence-corrected chi connectivity index (χ3v) is 4.19. The molecule has 4 aromatic rings. The molecule has 2 aromatic carbocycles. The van der Waals surface area contributed by atoms with Crippen molar-refractivity contribution >= 4 is 5.91 Å². The molecule has 0 saturated heterocycles. The summed E-state index contributed by atoms with van der Waals surface area (Å²) < 4.78 is 0. The van der Waals surface area contributed by atoms with Gasteiger partial charge >= 0.3 is 0 Å². The van der Waals surface area contributed by atoms with Crippen LogP contribution in [0.4, 0.5) is 0 Å². The van der Waals surface area contributed by atoms with E-state index < -0.39 is 0 Å². The summed E-state index contributed by atoms with van der Waals surface area (Å²) >= 11 is 0. The fraction of sp³-hybridized carbons (Fsp3) is 0.105. The number of nitrogens with zero attached hydrogens (tertiary/aromatic N) is 4. The molecule has 8 heteroatoms. The van der Waals surface area contributed by atoms with Gasteiger partial charge in [-0.2, -0.15) is 10.3 Å². The van der Waals surface area contributed by atoms with Crippen molar-refractivity contribution in [1.29, 1.82) is 0 Å². The van der Waals surface area contributed by atoms with E-state index in [9.17, 15) is 4.79 Å². The highest BCUT2D eigenvalue weighted by Gasteiger charge is 2.07. The zero-order valence-electron chi connectivity index (χ0n) is 14.4. The molecule has 0 spiro atoms. The SMILES string of the molecule is O=C(NCc1ccc(Cc2nn[nH]n2)cc1)c1ccc(-c2ccn[nH]2)cc1. The Morgan fingerprint density at radius 1 is 0.963 bits per heavy atom. The van der Waals surface area contributed by atoms with Crippen molar-refractivity contribution in [1.82, 2.24) is 36.1 Å². The van der Waals surface area contributed by atoms with Gasteiger partial charge in [0, 0.05) is 24.7 Å². The lowest BCUT2D eigenvalue weighted by molar-refractivity contribution is 0.0951. The first-order valence-corrected chi connectivity index (χ1v) is 8.46. The minimum absolute atomic E-state index is 0.109. The molecule has 134 valence electrons. The Balaban J connectivity index is 1.33. The summed E-state index contributed by atoms with van der Waals surface area (Å²) in [5.41, 5.74) is 4.63. The number of hydrogen-bond donors (Lipinski definition) is 3. The number of carbonyl (C=O) groups is 1. The van der Waals surface area contributed by atoms with Gasteiger partial charge in [-0.05, 0) is 34.9 Å². The Labute approximate surface area is 155 Å². The minimum Gasteiger partial charge on any atom is -0.348 e. The van der Waals surface area contributed by atoms with Crippen LogP contribution in [0.3, 0.4) is 0 Å². The average molecular weight is 359 g/mol. The van der Waals surface area contributed by atoms with Crippen molar-refractivity contribution in [2.45, 2.75) is 13.0 Å². The van der Waals surface area contributed by atoms with Crippen LogP contribution in [0.15, 0.2) is 60.8 Å². The van der Waals surface area contributed by atoms with Crippen LogP contribution in [0.5, 0.6) is 0 Å². The van der Waals surface area contributed by atoms with Gasteiger partial charge in [0.25, 0.3) is 5.91 Å². The number of hydrogen-bond acceptors (Lipinski definition) is 5. The highest BCUT2D eigenvalue weighted by atomic mass is 16.1. The van der Waals surface area contributed by atoms with Crippen LogP contribution in [-0.2, 0) is 13.0 Å². The van der Waals surface area contributed by atoms with E-state index in [1.54, 1.807) is 18.3 Å². The van der Waals surface area contributed by atoms with E-state index in [1.165, 1.54) is 0 Å². The maximum atomic E-state index is 12.3. The van der Waals surface area contributed by atoms with Crippen LogP contribution in [0.25, 0.3) is 11.3 Å². The fourth-order valence-corrected chi connectivity index (χ4v) is 2.72. The lowest BCUT2D eigenvalue weighted by Crippen LogP contribution is -2.22. The quantitative estimate of drug-likeness (QED) is 0.488. The van der Waals surface area contributed by atoms with Crippen molar-refractivity contribution in [3.05, 3.63) is 83.3 Å². The first-order valence-electron chi connectivity index (χ1n) is 8.46. The number of aromatic nitrogens is 6. The van der Waals surface area contributed by atoms with Gasteiger partial charge in [-0.1, -0.05) is 41.6 Å². The second-order valence-electron chi connectivity index (χ2n) is 6.05. The molecule has 0 saturated carbocycles. The Bertz CT molecular complexity index is 991. The average Bonchev–Trinajstić information content (AvgIpc) is 3.42. The second kappa shape index (κ2) is 7.61. The summed E-state index contributed by atoms with van der Waals surface area (Å²) in [7, 11) is 0. The summed E-state index contributed by atoms with van der Waals surface area (Å²) in [4.78, 5) is 12.3. The van der Waals surface area contributed by atoms with E-state index in [4.69, 9.17) is 0 Å². The predicted molar refractivity (Wildman–Crippen MR) is 98.6 cm³/mol. The van der Waals surface area contributed by atoms with Gasteiger partial charge in [0.2, 0.25) is 0 Å². The smallest absolute Gasteiger partial charge is 0.251 e. The number of nitrogens with one attached hydrogen (secondary N) is 3. The molecule has 0 radical (unpaired) electrons. The highest BCUT2D eigenvalue weighted by Crippen LogP contribution is 2.16. The van der Waals surface area contributed by atoms with Gasteiger partial charge in [-0.25, -0.2) is 0 Å². The number of H-pyrrole nitrogens is 2. The largest absolute Gasteiger partial charge is 0.348 e. The molecule has 0 aliphatic carbocycles.